The van der Waals surface area contributed by atoms with Gasteiger partial charge in [-0.2, -0.15) is 5.26 Å². The number of likely N-dealkylation sites (tertiary alicyclic amines) is 1. The Morgan fingerprint density at radius 3 is 2.74 bits per heavy atom. The van der Waals surface area contributed by atoms with E-state index in [1.807, 2.05) is 12.1 Å². The van der Waals surface area contributed by atoms with E-state index in [2.05, 4.69) is 43.9 Å². The van der Waals surface area contributed by atoms with Crippen LogP contribution in [0.25, 0.3) is 0 Å². The van der Waals surface area contributed by atoms with Gasteiger partial charge >= 0.3 is 0 Å². The molecule has 1 fully saturated rings. The van der Waals surface area contributed by atoms with Gasteiger partial charge in [0.15, 0.2) is 0 Å². The van der Waals surface area contributed by atoms with Gasteiger partial charge in [0.05, 0.1) is 22.7 Å². The highest BCUT2D eigenvalue weighted by atomic mass is 32.2. The molecule has 1 aromatic rings. The largest absolute Gasteiger partial charge is 0.299 e. The van der Waals surface area contributed by atoms with E-state index in [1.165, 1.54) is 73.5 Å². The third-order valence-corrected chi connectivity index (χ3v) is 7.90. The summed E-state index contributed by atoms with van der Waals surface area (Å²) in [5.74, 6) is 0.639. The number of unbranched alkanes of at least 4 members (excludes halogenated alkanes) is 1. The summed E-state index contributed by atoms with van der Waals surface area (Å²) in [7, 11) is 0. The van der Waals surface area contributed by atoms with E-state index in [1.54, 1.807) is 17.3 Å². The van der Waals surface area contributed by atoms with Gasteiger partial charge in [-0.1, -0.05) is 56.2 Å². The summed E-state index contributed by atoms with van der Waals surface area (Å²) in [4.78, 5) is 9.21. The Labute approximate surface area is 194 Å². The lowest BCUT2D eigenvalue weighted by molar-refractivity contribution is 0.364. The second-order valence-electron chi connectivity index (χ2n) is 9.18. The van der Waals surface area contributed by atoms with Gasteiger partial charge in [0, 0.05) is 11.4 Å². The molecule has 2 aliphatic rings. The molecule has 3 rings (SSSR count). The molecule has 0 radical (unpaired) electrons. The fraction of sp³-hybridized carbons (Fsp3) is 0.630. The van der Waals surface area contributed by atoms with E-state index in [-0.39, 0.29) is 0 Å². The topological polar surface area (TPSA) is 39.4 Å². The second-order valence-corrected chi connectivity index (χ2v) is 10.3. The van der Waals surface area contributed by atoms with Gasteiger partial charge in [-0.25, -0.2) is 0 Å². The fourth-order valence-corrected chi connectivity index (χ4v) is 5.80. The smallest absolute Gasteiger partial charge is 0.0992 e. The number of nitrogens with zero attached hydrogens (tertiary/aromatic N) is 3. The molecule has 3 nitrogen and oxygen atoms in total. The van der Waals surface area contributed by atoms with Crippen LogP contribution in [0.4, 0.5) is 0 Å². The Morgan fingerprint density at radius 2 is 2.03 bits per heavy atom. The molecule has 4 heteroatoms. The fourth-order valence-electron chi connectivity index (χ4n) is 4.71. The molecule has 168 valence electrons. The minimum absolute atomic E-state index is 0.295. The van der Waals surface area contributed by atoms with Crippen molar-refractivity contribution >= 4 is 16.8 Å². The minimum Gasteiger partial charge on any atom is -0.299 e. The number of rotatable bonds is 8. The van der Waals surface area contributed by atoms with E-state index in [0.29, 0.717) is 12.0 Å². The number of hydrogen-bond acceptors (Lipinski definition) is 4. The Balaban J connectivity index is 1.86. The van der Waals surface area contributed by atoms with Crippen molar-refractivity contribution in [3.8, 4) is 6.07 Å². The summed E-state index contributed by atoms with van der Waals surface area (Å²) in [5.41, 5.74) is 3.57. The van der Waals surface area contributed by atoms with Crippen LogP contribution in [0.5, 0.6) is 0 Å². The first-order chi connectivity index (χ1) is 15.1. The molecule has 0 N–H and O–H groups in total. The van der Waals surface area contributed by atoms with Gasteiger partial charge in [-0.15, -0.1) is 0 Å². The predicted octanol–water partition coefficient (Wildman–Crippen LogP) is 7.15. The van der Waals surface area contributed by atoms with Gasteiger partial charge in [0.25, 0.3) is 0 Å². The monoisotopic (exact) mass is 437 g/mol. The Kier molecular flexibility index (Phi) is 9.68. The zero-order valence-electron chi connectivity index (χ0n) is 19.7. The number of thioether (sulfide) groups is 1. The van der Waals surface area contributed by atoms with Gasteiger partial charge in [0.1, 0.15) is 0 Å². The van der Waals surface area contributed by atoms with Crippen LogP contribution in [-0.4, -0.2) is 35.6 Å². The molecule has 0 spiro atoms. The molecule has 2 unspecified atom stereocenters. The zero-order chi connectivity index (χ0) is 22.1. The first kappa shape index (κ1) is 24.1. The molecular weight excluding hydrogens is 398 g/mol. The van der Waals surface area contributed by atoms with Crippen LogP contribution in [0.3, 0.4) is 0 Å². The van der Waals surface area contributed by atoms with E-state index in [9.17, 15) is 5.26 Å². The number of hydrogen-bond donors (Lipinski definition) is 0. The molecule has 1 saturated heterocycles. The van der Waals surface area contributed by atoms with Crippen LogP contribution in [0, 0.1) is 24.2 Å². The van der Waals surface area contributed by atoms with Crippen molar-refractivity contribution in [2.24, 2.45) is 10.9 Å². The first-order valence-corrected chi connectivity index (χ1v) is 13.1. The Bertz CT molecular complexity index is 814. The average molecular weight is 438 g/mol. The number of aliphatic imine (C=N–C) groups is 1. The SMILES string of the molecule is CCCCC(=NC1C=C(CN2CCCC2)CCCC1CC)Sc1cc(C#N)ccc1C. The van der Waals surface area contributed by atoms with Crippen molar-refractivity contribution in [1.29, 1.82) is 5.26 Å². The van der Waals surface area contributed by atoms with Gasteiger partial charge < -0.3 is 0 Å². The van der Waals surface area contributed by atoms with Gasteiger partial charge in [0.2, 0.25) is 0 Å². The maximum atomic E-state index is 9.33. The lowest BCUT2D eigenvalue weighted by Gasteiger charge is -2.21. The van der Waals surface area contributed by atoms with Crippen LogP contribution in [0.15, 0.2) is 39.7 Å². The molecule has 0 saturated carbocycles. The van der Waals surface area contributed by atoms with Crippen LogP contribution in [0.1, 0.15) is 82.8 Å². The van der Waals surface area contributed by atoms with Gasteiger partial charge in [-0.3, -0.25) is 9.89 Å². The average Bonchev–Trinajstić information content (AvgIpc) is 3.21. The van der Waals surface area contributed by atoms with Crippen LogP contribution in [-0.2, 0) is 0 Å². The van der Waals surface area contributed by atoms with Crippen molar-refractivity contribution < 1.29 is 0 Å². The predicted molar refractivity (Wildman–Crippen MR) is 134 cm³/mol. The number of benzene rings is 1. The van der Waals surface area contributed by atoms with Crippen molar-refractivity contribution in [1.82, 2.24) is 4.90 Å². The molecule has 0 amide bonds. The lowest BCUT2D eigenvalue weighted by Crippen LogP contribution is -2.23. The van der Waals surface area contributed by atoms with Gasteiger partial charge in [-0.05, 0) is 88.6 Å². The summed E-state index contributed by atoms with van der Waals surface area (Å²) in [6, 6.07) is 8.59. The third-order valence-electron chi connectivity index (χ3n) is 6.69. The summed E-state index contributed by atoms with van der Waals surface area (Å²) in [6.07, 6.45) is 13.6. The van der Waals surface area contributed by atoms with Crippen LogP contribution < -0.4 is 0 Å². The number of nitriles is 1. The summed E-state index contributed by atoms with van der Waals surface area (Å²) >= 11 is 1.79. The molecular formula is C27H39N3S. The van der Waals surface area contributed by atoms with Crippen LogP contribution >= 0.6 is 11.8 Å². The molecule has 2 atom stereocenters. The Morgan fingerprint density at radius 1 is 1.23 bits per heavy atom. The van der Waals surface area contributed by atoms with Crippen LogP contribution in [0.2, 0.25) is 0 Å². The molecule has 31 heavy (non-hydrogen) atoms. The molecule has 1 heterocycles. The summed E-state index contributed by atoms with van der Waals surface area (Å²) in [5, 5.41) is 10.6. The highest BCUT2D eigenvalue weighted by Gasteiger charge is 2.23. The maximum absolute atomic E-state index is 9.33. The van der Waals surface area contributed by atoms with E-state index in [4.69, 9.17) is 4.99 Å². The zero-order valence-corrected chi connectivity index (χ0v) is 20.5. The molecule has 0 aromatic heterocycles. The van der Waals surface area contributed by atoms with Crippen molar-refractivity contribution in [2.75, 3.05) is 19.6 Å². The lowest BCUT2D eigenvalue weighted by atomic mass is 9.94. The maximum Gasteiger partial charge on any atom is 0.0992 e. The normalized spacial score (nSPS) is 22.8. The summed E-state index contributed by atoms with van der Waals surface area (Å²) < 4.78 is 0. The highest BCUT2D eigenvalue weighted by Crippen LogP contribution is 2.32. The van der Waals surface area contributed by atoms with E-state index >= 15 is 0 Å². The summed E-state index contributed by atoms with van der Waals surface area (Å²) in [6.45, 7) is 10.4. The molecule has 0 bridgehead atoms. The van der Waals surface area contributed by atoms with Crippen molar-refractivity contribution in [3.63, 3.8) is 0 Å². The number of aryl methyl sites for hydroxylation is 1. The van der Waals surface area contributed by atoms with Crippen molar-refractivity contribution in [3.05, 3.63) is 41.0 Å². The quantitative estimate of drug-likeness (QED) is 0.188. The minimum atomic E-state index is 0.295. The van der Waals surface area contributed by atoms with E-state index in [0.717, 1.165) is 24.9 Å². The molecule has 1 aliphatic heterocycles. The van der Waals surface area contributed by atoms with Crippen molar-refractivity contribution in [2.45, 2.75) is 89.5 Å². The van der Waals surface area contributed by atoms with E-state index < -0.39 is 0 Å². The molecule has 1 aliphatic carbocycles. The first-order valence-electron chi connectivity index (χ1n) is 12.3. The Hall–Kier alpha value is -1.57. The highest BCUT2D eigenvalue weighted by molar-refractivity contribution is 8.14. The second kappa shape index (κ2) is 12.5. The standard InChI is InChI=1S/C27H39N3S/c1-4-6-12-27(31-26-18-22(19-28)14-13-21(26)3)29-25-17-23(10-9-11-24(25)5-2)20-30-15-7-8-16-30/h13-14,17-18,24-25H,4-12,15-16,20H2,1-3H3. The molecule has 1 aromatic carbocycles. The third kappa shape index (κ3) is 7.22.